The van der Waals surface area contributed by atoms with Gasteiger partial charge >= 0.3 is 5.69 Å². The molecule has 0 saturated heterocycles. The first-order valence-corrected chi connectivity index (χ1v) is 6.11. The molecule has 100 valence electrons. The number of rotatable bonds is 5. The molecule has 1 N–H and O–H groups in total. The molecule has 0 amide bonds. The van der Waals surface area contributed by atoms with Crippen molar-refractivity contribution in [2.24, 2.45) is 7.05 Å². The number of nitro benzene ring substituents is 1. The summed E-state index contributed by atoms with van der Waals surface area (Å²) in [6.07, 6.45) is 2.54. The van der Waals surface area contributed by atoms with Crippen LogP contribution < -0.4 is 5.32 Å². The van der Waals surface area contributed by atoms with Gasteiger partial charge in [0.15, 0.2) is 0 Å². The van der Waals surface area contributed by atoms with Crippen LogP contribution in [-0.2, 0) is 13.5 Å². The molecule has 0 aliphatic rings. The second kappa shape index (κ2) is 5.71. The number of aryl methyl sites for hydroxylation is 1. The van der Waals surface area contributed by atoms with Crippen molar-refractivity contribution in [1.82, 2.24) is 9.78 Å². The van der Waals surface area contributed by atoms with Crippen LogP contribution in [0.25, 0.3) is 0 Å². The van der Waals surface area contributed by atoms with Gasteiger partial charge in [-0.05, 0) is 18.2 Å². The molecule has 0 spiro atoms. The van der Waals surface area contributed by atoms with Crippen LogP contribution in [0.3, 0.4) is 0 Å². The quantitative estimate of drug-likeness (QED) is 0.675. The Balaban J connectivity index is 2.03. The van der Waals surface area contributed by atoms with E-state index in [0.29, 0.717) is 18.7 Å². The highest BCUT2D eigenvalue weighted by atomic mass is 35.5. The van der Waals surface area contributed by atoms with Crippen LogP contribution in [0, 0.1) is 10.1 Å². The first-order valence-electron chi connectivity index (χ1n) is 5.73. The zero-order valence-corrected chi connectivity index (χ0v) is 11.1. The summed E-state index contributed by atoms with van der Waals surface area (Å²) >= 11 is 5.83. The van der Waals surface area contributed by atoms with Gasteiger partial charge in [-0.1, -0.05) is 17.7 Å². The second-order valence-electron chi connectivity index (χ2n) is 4.05. The molecule has 19 heavy (non-hydrogen) atoms. The molecule has 0 atom stereocenters. The van der Waals surface area contributed by atoms with Gasteiger partial charge in [-0.15, -0.1) is 0 Å². The Morgan fingerprint density at radius 1 is 1.47 bits per heavy atom. The van der Waals surface area contributed by atoms with E-state index in [0.717, 1.165) is 5.69 Å². The van der Waals surface area contributed by atoms with Crippen molar-refractivity contribution >= 4 is 23.0 Å². The van der Waals surface area contributed by atoms with Gasteiger partial charge in [-0.3, -0.25) is 14.8 Å². The summed E-state index contributed by atoms with van der Waals surface area (Å²) in [7, 11) is 1.85. The normalized spacial score (nSPS) is 10.4. The summed E-state index contributed by atoms with van der Waals surface area (Å²) in [6.45, 7) is 0.554. The van der Waals surface area contributed by atoms with Crippen molar-refractivity contribution in [3.8, 4) is 0 Å². The van der Waals surface area contributed by atoms with Gasteiger partial charge in [-0.25, -0.2) is 0 Å². The smallest absolute Gasteiger partial charge is 0.310 e. The maximum absolute atomic E-state index is 10.9. The van der Waals surface area contributed by atoms with E-state index in [1.807, 2.05) is 19.3 Å². The lowest BCUT2D eigenvalue weighted by molar-refractivity contribution is -0.383. The molecule has 0 bridgehead atoms. The van der Waals surface area contributed by atoms with Gasteiger partial charge in [0, 0.05) is 26.2 Å². The van der Waals surface area contributed by atoms with E-state index in [1.165, 1.54) is 6.07 Å². The van der Waals surface area contributed by atoms with E-state index >= 15 is 0 Å². The van der Waals surface area contributed by atoms with Crippen LogP contribution in [0.1, 0.15) is 5.69 Å². The SMILES string of the molecule is Cn1ccc(CCNc2cccc(Cl)c2[N+](=O)[O-])n1. The van der Waals surface area contributed by atoms with E-state index in [-0.39, 0.29) is 10.7 Å². The molecule has 6 nitrogen and oxygen atoms in total. The second-order valence-corrected chi connectivity index (χ2v) is 4.46. The van der Waals surface area contributed by atoms with Gasteiger partial charge < -0.3 is 5.32 Å². The zero-order valence-electron chi connectivity index (χ0n) is 10.3. The van der Waals surface area contributed by atoms with Gasteiger partial charge in [0.05, 0.1) is 10.6 Å². The Hall–Kier alpha value is -2.08. The third kappa shape index (κ3) is 3.23. The predicted molar refractivity (Wildman–Crippen MR) is 73.5 cm³/mol. The molecule has 0 aliphatic carbocycles. The van der Waals surface area contributed by atoms with Crippen LogP contribution in [0.2, 0.25) is 5.02 Å². The Morgan fingerprint density at radius 2 is 2.26 bits per heavy atom. The van der Waals surface area contributed by atoms with E-state index < -0.39 is 4.92 Å². The van der Waals surface area contributed by atoms with Crippen LogP contribution in [0.15, 0.2) is 30.5 Å². The minimum Gasteiger partial charge on any atom is -0.379 e. The molecule has 1 aromatic heterocycles. The molecular formula is C12H13ClN4O2. The molecule has 7 heteroatoms. The minimum atomic E-state index is -0.481. The number of aromatic nitrogens is 2. The van der Waals surface area contributed by atoms with Gasteiger partial charge in [0.25, 0.3) is 0 Å². The number of nitrogens with zero attached hydrogens (tertiary/aromatic N) is 3. The van der Waals surface area contributed by atoms with Crippen LogP contribution in [-0.4, -0.2) is 21.2 Å². The average molecular weight is 281 g/mol. The average Bonchev–Trinajstić information content (AvgIpc) is 2.74. The maximum Gasteiger partial charge on any atom is 0.310 e. The fraction of sp³-hybridized carbons (Fsp3) is 0.250. The maximum atomic E-state index is 10.9. The standard InChI is InChI=1S/C12H13ClN4O2/c1-16-8-6-9(15-16)5-7-14-11-4-2-3-10(13)12(11)17(18)19/h2-4,6,8,14H,5,7H2,1H3. The molecule has 2 rings (SSSR count). The van der Waals surface area contributed by atoms with Crippen molar-refractivity contribution in [3.05, 3.63) is 51.3 Å². The molecule has 1 heterocycles. The lowest BCUT2D eigenvalue weighted by Crippen LogP contribution is -2.07. The van der Waals surface area contributed by atoms with Gasteiger partial charge in [-0.2, -0.15) is 5.10 Å². The van der Waals surface area contributed by atoms with E-state index in [4.69, 9.17) is 11.6 Å². The topological polar surface area (TPSA) is 73.0 Å². The van der Waals surface area contributed by atoms with Crippen LogP contribution in [0.5, 0.6) is 0 Å². The number of halogens is 1. The highest BCUT2D eigenvalue weighted by molar-refractivity contribution is 6.33. The fourth-order valence-electron chi connectivity index (χ4n) is 1.77. The molecule has 0 unspecified atom stereocenters. The van der Waals surface area contributed by atoms with Crippen LogP contribution in [0.4, 0.5) is 11.4 Å². The highest BCUT2D eigenvalue weighted by Gasteiger charge is 2.17. The van der Waals surface area contributed by atoms with Crippen LogP contribution >= 0.6 is 11.6 Å². The zero-order chi connectivity index (χ0) is 13.8. The summed E-state index contributed by atoms with van der Waals surface area (Å²) in [4.78, 5) is 10.5. The van der Waals surface area contributed by atoms with Crippen molar-refractivity contribution in [2.75, 3.05) is 11.9 Å². The summed E-state index contributed by atoms with van der Waals surface area (Å²) in [6, 6.07) is 6.73. The van der Waals surface area contributed by atoms with Crippen molar-refractivity contribution in [2.45, 2.75) is 6.42 Å². The minimum absolute atomic E-state index is 0.0924. The largest absolute Gasteiger partial charge is 0.379 e. The molecule has 1 aromatic carbocycles. The van der Waals surface area contributed by atoms with Crippen molar-refractivity contribution in [1.29, 1.82) is 0 Å². The molecule has 0 fully saturated rings. The lowest BCUT2D eigenvalue weighted by Gasteiger charge is -2.06. The van der Waals surface area contributed by atoms with E-state index in [9.17, 15) is 10.1 Å². The molecular weight excluding hydrogens is 268 g/mol. The first-order chi connectivity index (χ1) is 9.08. The molecule has 0 radical (unpaired) electrons. The Bertz CT molecular complexity index is 597. The summed E-state index contributed by atoms with van der Waals surface area (Å²) in [5, 5.41) is 18.3. The lowest BCUT2D eigenvalue weighted by atomic mass is 10.2. The Kier molecular flexibility index (Phi) is 4.01. The predicted octanol–water partition coefficient (Wildman–Crippen LogP) is 2.64. The monoisotopic (exact) mass is 280 g/mol. The fourth-order valence-corrected chi connectivity index (χ4v) is 2.01. The molecule has 0 saturated carbocycles. The number of nitro groups is 1. The summed E-state index contributed by atoms with van der Waals surface area (Å²) < 4.78 is 1.72. The first kappa shape index (κ1) is 13.4. The van der Waals surface area contributed by atoms with Gasteiger partial charge in [0.1, 0.15) is 10.7 Å². The highest BCUT2D eigenvalue weighted by Crippen LogP contribution is 2.32. The number of benzene rings is 1. The summed E-state index contributed by atoms with van der Waals surface area (Å²) in [5.41, 5.74) is 1.26. The summed E-state index contributed by atoms with van der Waals surface area (Å²) in [5.74, 6) is 0. The van der Waals surface area contributed by atoms with Crippen molar-refractivity contribution in [3.63, 3.8) is 0 Å². The number of hydrogen-bond donors (Lipinski definition) is 1. The Morgan fingerprint density at radius 3 is 2.89 bits per heavy atom. The number of hydrogen-bond acceptors (Lipinski definition) is 4. The molecule has 0 aliphatic heterocycles. The van der Waals surface area contributed by atoms with Gasteiger partial charge in [0.2, 0.25) is 0 Å². The Labute approximate surface area is 115 Å². The van der Waals surface area contributed by atoms with E-state index in [1.54, 1.807) is 16.8 Å². The third-order valence-electron chi connectivity index (χ3n) is 2.63. The molecule has 2 aromatic rings. The van der Waals surface area contributed by atoms with Crippen molar-refractivity contribution < 1.29 is 4.92 Å². The number of anilines is 1. The third-order valence-corrected chi connectivity index (χ3v) is 2.94. The van der Waals surface area contributed by atoms with E-state index in [2.05, 4.69) is 10.4 Å². The number of nitrogens with one attached hydrogen (secondary N) is 1. The number of para-hydroxylation sites is 1.